The van der Waals surface area contributed by atoms with Crippen LogP contribution in [0, 0.1) is 15.9 Å². The van der Waals surface area contributed by atoms with Crippen LogP contribution in [0.5, 0.6) is 0 Å². The standard InChI is InChI=1S/C8H7FN2O4/c9-6-2-1-5(11(14)15)3-7(6)10-8(13)4-12/h1-3,12H,4H2,(H,10,13). The summed E-state index contributed by atoms with van der Waals surface area (Å²) >= 11 is 0. The number of carbonyl (C=O) groups excluding carboxylic acids is 1. The van der Waals surface area contributed by atoms with E-state index in [2.05, 4.69) is 0 Å². The van der Waals surface area contributed by atoms with E-state index < -0.39 is 23.3 Å². The number of rotatable bonds is 3. The van der Waals surface area contributed by atoms with Gasteiger partial charge in [-0.1, -0.05) is 0 Å². The number of nitrogens with zero attached hydrogens (tertiary/aromatic N) is 1. The van der Waals surface area contributed by atoms with E-state index in [0.29, 0.717) is 0 Å². The molecule has 0 heterocycles. The molecular formula is C8H7FN2O4. The second kappa shape index (κ2) is 4.47. The van der Waals surface area contributed by atoms with E-state index in [0.717, 1.165) is 18.2 Å². The number of hydrogen-bond donors (Lipinski definition) is 2. The highest BCUT2D eigenvalue weighted by Crippen LogP contribution is 2.20. The van der Waals surface area contributed by atoms with E-state index in [9.17, 15) is 19.3 Å². The lowest BCUT2D eigenvalue weighted by Crippen LogP contribution is -2.16. The lowest BCUT2D eigenvalue weighted by atomic mass is 10.2. The molecule has 1 amide bonds. The van der Waals surface area contributed by atoms with Gasteiger partial charge in [-0.15, -0.1) is 0 Å². The van der Waals surface area contributed by atoms with Crippen LogP contribution in [0.2, 0.25) is 0 Å². The molecule has 0 bridgehead atoms. The van der Waals surface area contributed by atoms with E-state index in [4.69, 9.17) is 5.11 Å². The molecule has 0 atom stereocenters. The van der Waals surface area contributed by atoms with E-state index >= 15 is 0 Å². The number of aliphatic hydroxyl groups is 1. The van der Waals surface area contributed by atoms with Gasteiger partial charge in [0, 0.05) is 12.1 Å². The first-order valence-electron chi connectivity index (χ1n) is 3.89. The average molecular weight is 214 g/mol. The molecule has 0 unspecified atom stereocenters. The van der Waals surface area contributed by atoms with Gasteiger partial charge in [-0.25, -0.2) is 4.39 Å². The smallest absolute Gasteiger partial charge is 0.271 e. The van der Waals surface area contributed by atoms with Crippen LogP contribution < -0.4 is 5.32 Å². The van der Waals surface area contributed by atoms with Gasteiger partial charge in [0.25, 0.3) is 5.69 Å². The van der Waals surface area contributed by atoms with Crippen molar-refractivity contribution in [2.75, 3.05) is 11.9 Å². The summed E-state index contributed by atoms with van der Waals surface area (Å²) in [5.41, 5.74) is -0.673. The highest BCUT2D eigenvalue weighted by Gasteiger charge is 2.12. The maximum atomic E-state index is 13.0. The fraction of sp³-hybridized carbons (Fsp3) is 0.125. The Morgan fingerprint density at radius 1 is 1.60 bits per heavy atom. The van der Waals surface area contributed by atoms with E-state index in [1.807, 2.05) is 5.32 Å². The van der Waals surface area contributed by atoms with Gasteiger partial charge in [-0.05, 0) is 6.07 Å². The SMILES string of the molecule is O=C(CO)Nc1cc([N+](=O)[O-])ccc1F. The second-order valence-electron chi connectivity index (χ2n) is 2.63. The quantitative estimate of drug-likeness (QED) is 0.571. The van der Waals surface area contributed by atoms with Crippen molar-refractivity contribution >= 4 is 17.3 Å². The van der Waals surface area contributed by atoms with Gasteiger partial charge in [-0.2, -0.15) is 0 Å². The normalized spacial score (nSPS) is 9.73. The number of nitrogens with one attached hydrogen (secondary N) is 1. The zero-order valence-corrected chi connectivity index (χ0v) is 7.44. The van der Waals surface area contributed by atoms with Crippen LogP contribution in [0.4, 0.5) is 15.8 Å². The van der Waals surface area contributed by atoms with E-state index in [1.54, 1.807) is 0 Å². The third-order valence-corrected chi connectivity index (χ3v) is 1.58. The third-order valence-electron chi connectivity index (χ3n) is 1.58. The van der Waals surface area contributed by atoms with Crippen molar-refractivity contribution in [3.05, 3.63) is 34.1 Å². The van der Waals surface area contributed by atoms with Crippen molar-refractivity contribution in [3.8, 4) is 0 Å². The van der Waals surface area contributed by atoms with Gasteiger partial charge < -0.3 is 10.4 Å². The molecule has 0 fully saturated rings. The fourth-order valence-electron chi connectivity index (χ4n) is 0.912. The number of nitro groups is 1. The largest absolute Gasteiger partial charge is 0.387 e. The molecule has 6 nitrogen and oxygen atoms in total. The molecule has 0 spiro atoms. The Morgan fingerprint density at radius 2 is 2.27 bits per heavy atom. The molecule has 0 aromatic heterocycles. The molecule has 0 saturated carbocycles. The number of non-ortho nitro benzene ring substituents is 1. The number of hydrogen-bond acceptors (Lipinski definition) is 4. The van der Waals surface area contributed by atoms with Crippen molar-refractivity contribution < 1.29 is 19.2 Å². The lowest BCUT2D eigenvalue weighted by molar-refractivity contribution is -0.384. The summed E-state index contributed by atoms with van der Waals surface area (Å²) in [6, 6.07) is 2.72. The minimum atomic E-state index is -0.839. The Kier molecular flexibility index (Phi) is 3.29. The van der Waals surface area contributed by atoms with Crippen molar-refractivity contribution in [2.24, 2.45) is 0 Å². The Labute approximate surface area is 83.5 Å². The van der Waals surface area contributed by atoms with Crippen LogP contribution in [0.25, 0.3) is 0 Å². The zero-order chi connectivity index (χ0) is 11.4. The van der Waals surface area contributed by atoms with Crippen molar-refractivity contribution in [1.82, 2.24) is 0 Å². The molecule has 0 radical (unpaired) electrons. The molecule has 1 aromatic rings. The summed E-state index contributed by atoms with van der Waals surface area (Å²) in [4.78, 5) is 20.3. The molecule has 0 aliphatic rings. The predicted molar refractivity (Wildman–Crippen MR) is 48.8 cm³/mol. The molecule has 0 saturated heterocycles. The number of anilines is 1. The van der Waals surface area contributed by atoms with Gasteiger partial charge in [-0.3, -0.25) is 14.9 Å². The van der Waals surface area contributed by atoms with Crippen molar-refractivity contribution in [3.63, 3.8) is 0 Å². The third kappa shape index (κ3) is 2.71. The highest BCUT2D eigenvalue weighted by molar-refractivity contribution is 5.91. The number of halogens is 1. The topological polar surface area (TPSA) is 92.5 Å². The van der Waals surface area contributed by atoms with Gasteiger partial charge in [0.05, 0.1) is 10.6 Å². The van der Waals surface area contributed by atoms with Crippen LogP contribution in [0.1, 0.15) is 0 Å². The summed E-state index contributed by atoms with van der Waals surface area (Å²) in [6.45, 7) is -0.817. The van der Waals surface area contributed by atoms with Crippen LogP contribution in [0.3, 0.4) is 0 Å². The Bertz CT molecular complexity index is 408. The number of nitro benzene ring substituents is 1. The summed E-state index contributed by atoms with van der Waals surface area (Å²) in [6.07, 6.45) is 0. The molecule has 1 rings (SSSR count). The van der Waals surface area contributed by atoms with E-state index in [1.165, 1.54) is 0 Å². The first-order chi connectivity index (χ1) is 7.04. The van der Waals surface area contributed by atoms with Crippen LogP contribution in [0.15, 0.2) is 18.2 Å². The molecule has 80 valence electrons. The molecular weight excluding hydrogens is 207 g/mol. The second-order valence-corrected chi connectivity index (χ2v) is 2.63. The first kappa shape index (κ1) is 11.1. The van der Waals surface area contributed by atoms with Crippen LogP contribution in [-0.2, 0) is 4.79 Å². The molecule has 15 heavy (non-hydrogen) atoms. The number of aliphatic hydroxyl groups excluding tert-OH is 1. The number of benzene rings is 1. The molecule has 7 heteroatoms. The maximum Gasteiger partial charge on any atom is 0.271 e. The van der Waals surface area contributed by atoms with Gasteiger partial charge in [0.2, 0.25) is 5.91 Å². The monoisotopic (exact) mass is 214 g/mol. The summed E-state index contributed by atoms with van der Waals surface area (Å²) in [7, 11) is 0. The molecule has 0 aliphatic heterocycles. The van der Waals surface area contributed by atoms with Crippen molar-refractivity contribution in [2.45, 2.75) is 0 Å². The number of carbonyl (C=O) groups is 1. The maximum absolute atomic E-state index is 13.0. The highest BCUT2D eigenvalue weighted by atomic mass is 19.1. The van der Waals surface area contributed by atoms with Crippen molar-refractivity contribution in [1.29, 1.82) is 0 Å². The minimum Gasteiger partial charge on any atom is -0.387 e. The van der Waals surface area contributed by atoms with Gasteiger partial charge >= 0.3 is 0 Å². The minimum absolute atomic E-state index is 0.330. The van der Waals surface area contributed by atoms with Crippen LogP contribution in [-0.4, -0.2) is 22.5 Å². The summed E-state index contributed by atoms with van der Waals surface area (Å²) in [5, 5.41) is 20.7. The average Bonchev–Trinajstić information content (AvgIpc) is 2.20. The molecule has 2 N–H and O–H groups in total. The van der Waals surface area contributed by atoms with Gasteiger partial charge in [0.1, 0.15) is 12.4 Å². The zero-order valence-electron chi connectivity index (χ0n) is 7.44. The Balaban J connectivity index is 3.00. The lowest BCUT2D eigenvalue weighted by Gasteiger charge is -2.03. The summed E-state index contributed by atoms with van der Waals surface area (Å²) in [5.74, 6) is -1.64. The molecule has 1 aromatic carbocycles. The first-order valence-corrected chi connectivity index (χ1v) is 3.89. The molecule has 0 aliphatic carbocycles. The summed E-state index contributed by atoms with van der Waals surface area (Å²) < 4.78 is 13.0. The van der Waals surface area contributed by atoms with Gasteiger partial charge in [0.15, 0.2) is 0 Å². The van der Waals surface area contributed by atoms with Crippen LogP contribution >= 0.6 is 0 Å². The van der Waals surface area contributed by atoms with E-state index in [-0.39, 0.29) is 11.4 Å². The fourth-order valence-corrected chi connectivity index (χ4v) is 0.912. The Morgan fingerprint density at radius 3 is 2.80 bits per heavy atom. The Hall–Kier alpha value is -2.02. The predicted octanol–water partition coefficient (Wildman–Crippen LogP) is 0.665. The number of amides is 1.